The summed E-state index contributed by atoms with van der Waals surface area (Å²) in [5, 5.41) is 0. The van der Waals surface area contributed by atoms with Gasteiger partial charge in [-0.25, -0.2) is 0 Å². The molecule has 0 radical (unpaired) electrons. The second-order valence-corrected chi connectivity index (χ2v) is 3.03. The summed E-state index contributed by atoms with van der Waals surface area (Å²) in [7, 11) is 1.59. The first kappa shape index (κ1) is 8.05. The third-order valence-electron chi connectivity index (χ3n) is 2.30. The number of benzene rings is 1. The molecular formula is C11H10O2. The smallest absolute Gasteiger partial charge is 0.193 e. The maximum absolute atomic E-state index is 11.6. The largest absolute Gasteiger partial charge is 0.496 e. The zero-order valence-corrected chi connectivity index (χ0v) is 7.63. The van der Waals surface area contributed by atoms with E-state index in [2.05, 4.69) is 0 Å². The van der Waals surface area contributed by atoms with E-state index in [9.17, 15) is 4.79 Å². The Morgan fingerprint density at radius 2 is 1.77 bits per heavy atom. The lowest BCUT2D eigenvalue weighted by atomic mass is 10.1. The van der Waals surface area contributed by atoms with Crippen molar-refractivity contribution in [2.24, 2.45) is 0 Å². The van der Waals surface area contributed by atoms with Gasteiger partial charge in [0.1, 0.15) is 5.76 Å². The van der Waals surface area contributed by atoms with Crippen LogP contribution in [-0.2, 0) is 4.74 Å². The molecule has 0 atom stereocenters. The van der Waals surface area contributed by atoms with Crippen molar-refractivity contribution in [2.45, 2.75) is 6.92 Å². The number of rotatable bonds is 1. The molecule has 1 aromatic rings. The van der Waals surface area contributed by atoms with E-state index in [1.165, 1.54) is 0 Å². The van der Waals surface area contributed by atoms with E-state index < -0.39 is 0 Å². The Kier molecular flexibility index (Phi) is 1.69. The zero-order chi connectivity index (χ0) is 9.42. The van der Waals surface area contributed by atoms with Crippen LogP contribution in [0.4, 0.5) is 0 Å². The summed E-state index contributed by atoms with van der Waals surface area (Å²) < 4.78 is 5.18. The maximum Gasteiger partial charge on any atom is 0.193 e. The molecule has 0 heterocycles. The van der Waals surface area contributed by atoms with E-state index in [0.29, 0.717) is 11.3 Å². The van der Waals surface area contributed by atoms with Crippen molar-refractivity contribution < 1.29 is 9.53 Å². The Morgan fingerprint density at radius 1 is 1.15 bits per heavy atom. The predicted octanol–water partition coefficient (Wildman–Crippen LogP) is 2.26. The SMILES string of the molecule is COC1=C(C)C(=O)c2ccccc21. The van der Waals surface area contributed by atoms with Crippen LogP contribution in [0.2, 0.25) is 0 Å². The minimum atomic E-state index is 0.0763. The van der Waals surface area contributed by atoms with Gasteiger partial charge in [-0.3, -0.25) is 4.79 Å². The Balaban J connectivity index is 2.67. The Bertz CT molecular complexity index is 402. The zero-order valence-electron chi connectivity index (χ0n) is 7.63. The van der Waals surface area contributed by atoms with E-state index in [4.69, 9.17) is 4.74 Å². The first-order valence-corrected chi connectivity index (χ1v) is 4.14. The number of fused-ring (bicyclic) bond motifs is 1. The number of Topliss-reactive ketones (excluding diaryl/α,β-unsaturated/α-hetero) is 1. The molecule has 66 valence electrons. The van der Waals surface area contributed by atoms with Crippen molar-refractivity contribution in [2.75, 3.05) is 7.11 Å². The van der Waals surface area contributed by atoms with Gasteiger partial charge >= 0.3 is 0 Å². The molecule has 0 fully saturated rings. The number of hydrogen-bond acceptors (Lipinski definition) is 2. The van der Waals surface area contributed by atoms with Gasteiger partial charge in [0, 0.05) is 16.7 Å². The lowest BCUT2D eigenvalue weighted by Gasteiger charge is -2.02. The summed E-state index contributed by atoms with van der Waals surface area (Å²) in [6.45, 7) is 1.79. The molecule has 1 aliphatic carbocycles. The number of methoxy groups -OCH3 is 1. The molecule has 2 heteroatoms. The molecule has 13 heavy (non-hydrogen) atoms. The Morgan fingerprint density at radius 3 is 2.38 bits per heavy atom. The minimum absolute atomic E-state index is 0.0763. The van der Waals surface area contributed by atoms with Crippen LogP contribution in [0.5, 0.6) is 0 Å². The van der Waals surface area contributed by atoms with Gasteiger partial charge in [-0.05, 0) is 6.92 Å². The van der Waals surface area contributed by atoms with Crippen LogP contribution in [0.3, 0.4) is 0 Å². The van der Waals surface area contributed by atoms with Crippen LogP contribution in [0, 0.1) is 0 Å². The molecular weight excluding hydrogens is 164 g/mol. The Hall–Kier alpha value is -1.57. The third-order valence-corrected chi connectivity index (χ3v) is 2.30. The fraction of sp³-hybridized carbons (Fsp3) is 0.182. The predicted molar refractivity (Wildman–Crippen MR) is 50.4 cm³/mol. The first-order chi connectivity index (χ1) is 6.25. The molecule has 0 spiro atoms. The summed E-state index contributed by atoms with van der Waals surface area (Å²) in [6, 6.07) is 7.50. The highest BCUT2D eigenvalue weighted by molar-refractivity contribution is 6.19. The van der Waals surface area contributed by atoms with Crippen molar-refractivity contribution in [3.05, 3.63) is 41.0 Å². The van der Waals surface area contributed by atoms with E-state index in [-0.39, 0.29) is 5.78 Å². The average molecular weight is 174 g/mol. The average Bonchev–Trinajstić information content (AvgIpc) is 2.41. The van der Waals surface area contributed by atoms with E-state index in [1.807, 2.05) is 24.3 Å². The topological polar surface area (TPSA) is 26.3 Å². The monoisotopic (exact) mass is 174 g/mol. The number of carbonyl (C=O) groups is 1. The van der Waals surface area contributed by atoms with Crippen molar-refractivity contribution >= 4 is 11.5 Å². The van der Waals surface area contributed by atoms with Crippen LogP contribution in [-0.4, -0.2) is 12.9 Å². The number of carbonyl (C=O) groups excluding carboxylic acids is 1. The molecule has 0 bridgehead atoms. The van der Waals surface area contributed by atoms with Crippen molar-refractivity contribution in [3.8, 4) is 0 Å². The van der Waals surface area contributed by atoms with Gasteiger partial charge in [-0.2, -0.15) is 0 Å². The highest BCUT2D eigenvalue weighted by Crippen LogP contribution is 2.32. The number of ether oxygens (including phenoxy) is 1. The van der Waals surface area contributed by atoms with Crippen molar-refractivity contribution in [3.63, 3.8) is 0 Å². The van der Waals surface area contributed by atoms with Gasteiger partial charge in [0.05, 0.1) is 7.11 Å². The van der Waals surface area contributed by atoms with Crippen LogP contribution >= 0.6 is 0 Å². The van der Waals surface area contributed by atoms with Crippen molar-refractivity contribution in [1.29, 1.82) is 0 Å². The van der Waals surface area contributed by atoms with E-state index >= 15 is 0 Å². The summed E-state index contributed by atoms with van der Waals surface area (Å²) in [6.07, 6.45) is 0. The van der Waals surface area contributed by atoms with Crippen molar-refractivity contribution in [1.82, 2.24) is 0 Å². The molecule has 1 aliphatic rings. The van der Waals surface area contributed by atoms with Crippen LogP contribution < -0.4 is 0 Å². The summed E-state index contributed by atoms with van der Waals surface area (Å²) in [5.41, 5.74) is 2.35. The second-order valence-electron chi connectivity index (χ2n) is 3.03. The molecule has 0 saturated carbocycles. The maximum atomic E-state index is 11.6. The molecule has 0 amide bonds. The highest BCUT2D eigenvalue weighted by Gasteiger charge is 2.26. The van der Waals surface area contributed by atoms with Gasteiger partial charge in [0.15, 0.2) is 5.78 Å². The van der Waals surface area contributed by atoms with Gasteiger partial charge in [0.2, 0.25) is 0 Å². The molecule has 1 aromatic carbocycles. The number of hydrogen-bond donors (Lipinski definition) is 0. The number of allylic oxidation sites excluding steroid dienone is 1. The van der Waals surface area contributed by atoms with Gasteiger partial charge < -0.3 is 4.74 Å². The van der Waals surface area contributed by atoms with Gasteiger partial charge in [0.25, 0.3) is 0 Å². The van der Waals surface area contributed by atoms with Gasteiger partial charge in [-0.15, -0.1) is 0 Å². The Labute approximate surface area is 76.8 Å². The lowest BCUT2D eigenvalue weighted by molar-refractivity contribution is 0.103. The summed E-state index contributed by atoms with van der Waals surface area (Å²) in [5.74, 6) is 0.785. The van der Waals surface area contributed by atoms with Crippen LogP contribution in [0.1, 0.15) is 22.8 Å². The van der Waals surface area contributed by atoms with E-state index in [0.717, 1.165) is 11.1 Å². The summed E-state index contributed by atoms with van der Waals surface area (Å²) >= 11 is 0. The molecule has 0 unspecified atom stereocenters. The van der Waals surface area contributed by atoms with Crippen LogP contribution in [0.25, 0.3) is 5.76 Å². The second kappa shape index (κ2) is 2.73. The molecule has 0 aromatic heterocycles. The first-order valence-electron chi connectivity index (χ1n) is 4.14. The quantitative estimate of drug-likeness (QED) is 0.652. The molecule has 0 N–H and O–H groups in total. The molecule has 2 nitrogen and oxygen atoms in total. The minimum Gasteiger partial charge on any atom is -0.496 e. The lowest BCUT2D eigenvalue weighted by Crippen LogP contribution is -1.94. The molecule has 0 aliphatic heterocycles. The fourth-order valence-corrected chi connectivity index (χ4v) is 1.65. The van der Waals surface area contributed by atoms with Gasteiger partial charge in [-0.1, -0.05) is 24.3 Å². The molecule has 0 saturated heterocycles. The van der Waals surface area contributed by atoms with Crippen LogP contribution in [0.15, 0.2) is 29.8 Å². The standard InChI is InChI=1S/C11H10O2/c1-7-10(12)8-5-3-4-6-9(8)11(7)13-2/h3-6H,1-2H3. The third kappa shape index (κ3) is 0.985. The number of ketones is 1. The normalized spacial score (nSPS) is 14.8. The molecule has 2 rings (SSSR count). The van der Waals surface area contributed by atoms with E-state index in [1.54, 1.807) is 14.0 Å². The summed E-state index contributed by atoms with van der Waals surface area (Å²) in [4.78, 5) is 11.6. The highest BCUT2D eigenvalue weighted by atomic mass is 16.5. The fourth-order valence-electron chi connectivity index (χ4n) is 1.65.